The van der Waals surface area contributed by atoms with Gasteiger partial charge in [-0.05, 0) is 28.1 Å². The van der Waals surface area contributed by atoms with Crippen LogP contribution in [0.1, 0.15) is 0 Å². The Morgan fingerprint density at radius 3 is 3.00 bits per heavy atom. The average molecular weight is 373 g/mol. The summed E-state index contributed by atoms with van der Waals surface area (Å²) in [6.45, 7) is 0. The van der Waals surface area contributed by atoms with Crippen molar-refractivity contribution in [3.8, 4) is 5.88 Å². The van der Waals surface area contributed by atoms with Gasteiger partial charge in [0.15, 0.2) is 0 Å². The highest BCUT2D eigenvalue weighted by atomic mass is 79.9. The van der Waals surface area contributed by atoms with E-state index >= 15 is 0 Å². The Kier molecular flexibility index (Phi) is 3.68. The molecule has 0 aliphatic carbocycles. The number of fused-ring (bicyclic) bond motifs is 1. The van der Waals surface area contributed by atoms with E-state index in [9.17, 15) is 0 Å². The summed E-state index contributed by atoms with van der Waals surface area (Å²) < 4.78 is 14.2. The lowest BCUT2D eigenvalue weighted by atomic mass is 10.2. The number of anilines is 2. The second kappa shape index (κ2) is 5.47. The van der Waals surface area contributed by atoms with E-state index in [1.165, 1.54) is 7.11 Å². The summed E-state index contributed by atoms with van der Waals surface area (Å²) in [6.07, 6.45) is 1.60. The van der Waals surface area contributed by atoms with Crippen LogP contribution in [-0.4, -0.2) is 25.8 Å². The average Bonchev–Trinajstić information content (AvgIpc) is 2.92. The fourth-order valence-electron chi connectivity index (χ4n) is 1.61. The molecule has 102 valence electrons. The zero-order valence-electron chi connectivity index (χ0n) is 10.1. The van der Waals surface area contributed by atoms with Crippen LogP contribution in [0.3, 0.4) is 0 Å². The van der Waals surface area contributed by atoms with Crippen LogP contribution in [0.4, 0.5) is 11.6 Å². The van der Waals surface area contributed by atoms with Crippen LogP contribution in [0.15, 0.2) is 22.8 Å². The number of benzene rings is 1. The standard InChI is InChI=1S/C11H7BrClN5OS/c1-19-10-5(12)4-14-11(16-10)15-8-6(13)2-3-7-9(8)18-20-17-7/h2-4H,1H3,(H,14,15,16). The van der Waals surface area contributed by atoms with E-state index in [0.29, 0.717) is 32.5 Å². The monoisotopic (exact) mass is 371 g/mol. The summed E-state index contributed by atoms with van der Waals surface area (Å²) in [4.78, 5) is 8.39. The van der Waals surface area contributed by atoms with Gasteiger partial charge in [0.05, 0.1) is 40.2 Å². The molecule has 0 aliphatic rings. The van der Waals surface area contributed by atoms with E-state index in [4.69, 9.17) is 16.3 Å². The quantitative estimate of drug-likeness (QED) is 0.756. The molecule has 0 spiro atoms. The molecule has 9 heteroatoms. The van der Waals surface area contributed by atoms with Crippen molar-refractivity contribution in [2.24, 2.45) is 0 Å². The second-order valence-corrected chi connectivity index (χ2v) is 5.52. The van der Waals surface area contributed by atoms with Gasteiger partial charge in [-0.25, -0.2) is 4.98 Å². The zero-order valence-corrected chi connectivity index (χ0v) is 13.3. The number of hydrogen-bond donors (Lipinski definition) is 1. The summed E-state index contributed by atoms with van der Waals surface area (Å²) in [6, 6.07) is 3.57. The molecule has 0 aliphatic heterocycles. The van der Waals surface area contributed by atoms with Crippen molar-refractivity contribution in [2.45, 2.75) is 0 Å². The van der Waals surface area contributed by atoms with Crippen LogP contribution < -0.4 is 10.1 Å². The topological polar surface area (TPSA) is 72.8 Å². The number of hydrogen-bond acceptors (Lipinski definition) is 7. The van der Waals surface area contributed by atoms with Crippen molar-refractivity contribution in [2.75, 3.05) is 12.4 Å². The van der Waals surface area contributed by atoms with Crippen molar-refractivity contribution in [3.05, 3.63) is 27.8 Å². The molecule has 1 aromatic carbocycles. The largest absolute Gasteiger partial charge is 0.480 e. The summed E-state index contributed by atoms with van der Waals surface area (Å²) in [5.41, 5.74) is 2.08. The highest BCUT2D eigenvalue weighted by Gasteiger charge is 2.12. The summed E-state index contributed by atoms with van der Waals surface area (Å²) in [5.74, 6) is 0.801. The minimum absolute atomic E-state index is 0.368. The van der Waals surface area contributed by atoms with Gasteiger partial charge in [0.1, 0.15) is 11.0 Å². The minimum atomic E-state index is 0.368. The lowest BCUT2D eigenvalue weighted by Gasteiger charge is -2.08. The third-order valence-corrected chi connectivity index (χ3v) is 3.92. The zero-order chi connectivity index (χ0) is 14.1. The number of ether oxygens (including phenoxy) is 1. The van der Waals surface area contributed by atoms with Crippen LogP contribution in [0.2, 0.25) is 5.02 Å². The van der Waals surface area contributed by atoms with Gasteiger partial charge in [0.25, 0.3) is 0 Å². The maximum Gasteiger partial charge on any atom is 0.232 e. The minimum Gasteiger partial charge on any atom is -0.480 e. The predicted octanol–water partition coefficient (Wildman–Crippen LogP) is 3.65. The molecular formula is C11H7BrClN5OS. The molecule has 3 aromatic rings. The van der Waals surface area contributed by atoms with Gasteiger partial charge < -0.3 is 10.1 Å². The van der Waals surface area contributed by atoms with Gasteiger partial charge in [-0.1, -0.05) is 11.6 Å². The Balaban J connectivity index is 2.05. The number of nitrogens with one attached hydrogen (secondary N) is 1. The van der Waals surface area contributed by atoms with Crippen LogP contribution >= 0.6 is 39.3 Å². The molecule has 2 heterocycles. The third kappa shape index (κ3) is 2.41. The summed E-state index contributed by atoms with van der Waals surface area (Å²) in [7, 11) is 1.54. The number of rotatable bonds is 3. The maximum atomic E-state index is 6.19. The lowest BCUT2D eigenvalue weighted by Crippen LogP contribution is -2.00. The van der Waals surface area contributed by atoms with Crippen LogP contribution in [-0.2, 0) is 0 Å². The molecule has 1 N–H and O–H groups in total. The van der Waals surface area contributed by atoms with Crippen molar-refractivity contribution in [1.82, 2.24) is 18.7 Å². The molecular weight excluding hydrogens is 366 g/mol. The molecule has 0 amide bonds. The number of nitrogens with zero attached hydrogens (tertiary/aromatic N) is 4. The first-order chi connectivity index (χ1) is 9.69. The van der Waals surface area contributed by atoms with Gasteiger partial charge >= 0.3 is 0 Å². The smallest absolute Gasteiger partial charge is 0.232 e. The van der Waals surface area contributed by atoms with Gasteiger partial charge in [0, 0.05) is 0 Å². The van der Waals surface area contributed by atoms with Crippen LogP contribution in [0, 0.1) is 0 Å². The molecule has 0 bridgehead atoms. The van der Waals surface area contributed by atoms with Crippen LogP contribution in [0.25, 0.3) is 11.0 Å². The normalized spacial score (nSPS) is 10.8. The van der Waals surface area contributed by atoms with E-state index < -0.39 is 0 Å². The van der Waals surface area contributed by atoms with Gasteiger partial charge in [-0.15, -0.1) is 0 Å². The Labute approximate surface area is 131 Å². The fraction of sp³-hybridized carbons (Fsp3) is 0.0909. The van der Waals surface area contributed by atoms with E-state index in [1.807, 2.05) is 6.07 Å². The van der Waals surface area contributed by atoms with Crippen LogP contribution in [0.5, 0.6) is 5.88 Å². The maximum absolute atomic E-state index is 6.19. The molecule has 20 heavy (non-hydrogen) atoms. The predicted molar refractivity (Wildman–Crippen MR) is 82.0 cm³/mol. The second-order valence-electron chi connectivity index (χ2n) is 3.73. The first kappa shape index (κ1) is 13.5. The SMILES string of the molecule is COc1nc(Nc2c(Cl)ccc3nsnc23)ncc1Br. The molecule has 0 saturated heterocycles. The van der Waals surface area contributed by atoms with E-state index in [1.54, 1.807) is 12.3 Å². The number of methoxy groups -OCH3 is 1. The number of aromatic nitrogens is 4. The van der Waals surface area contributed by atoms with Gasteiger partial charge in [-0.2, -0.15) is 13.7 Å². The third-order valence-electron chi connectivity index (χ3n) is 2.52. The van der Waals surface area contributed by atoms with Crippen molar-refractivity contribution >= 4 is 61.9 Å². The first-order valence-corrected chi connectivity index (χ1v) is 7.33. The molecule has 0 unspecified atom stereocenters. The molecule has 6 nitrogen and oxygen atoms in total. The first-order valence-electron chi connectivity index (χ1n) is 5.43. The fourth-order valence-corrected chi connectivity index (χ4v) is 2.71. The Morgan fingerprint density at radius 2 is 2.20 bits per heavy atom. The Morgan fingerprint density at radius 1 is 1.35 bits per heavy atom. The Bertz CT molecular complexity index is 781. The molecule has 0 fully saturated rings. The van der Waals surface area contributed by atoms with Crippen molar-refractivity contribution in [3.63, 3.8) is 0 Å². The number of halogens is 2. The van der Waals surface area contributed by atoms with E-state index in [2.05, 4.69) is 40.0 Å². The van der Waals surface area contributed by atoms with Gasteiger partial charge in [0.2, 0.25) is 11.8 Å². The summed E-state index contributed by atoms with van der Waals surface area (Å²) >= 11 is 10.6. The lowest BCUT2D eigenvalue weighted by molar-refractivity contribution is 0.394. The highest BCUT2D eigenvalue weighted by molar-refractivity contribution is 9.10. The van der Waals surface area contributed by atoms with E-state index in [0.717, 1.165) is 17.2 Å². The molecule has 0 atom stereocenters. The highest BCUT2D eigenvalue weighted by Crippen LogP contribution is 2.32. The van der Waals surface area contributed by atoms with Crippen molar-refractivity contribution < 1.29 is 4.74 Å². The Hall–Kier alpha value is -1.51. The molecule has 3 rings (SSSR count). The van der Waals surface area contributed by atoms with E-state index in [-0.39, 0.29) is 0 Å². The summed E-state index contributed by atoms with van der Waals surface area (Å²) in [5, 5.41) is 3.58. The van der Waals surface area contributed by atoms with Gasteiger partial charge in [-0.3, -0.25) is 0 Å². The molecule has 0 radical (unpaired) electrons. The van der Waals surface area contributed by atoms with Crippen molar-refractivity contribution in [1.29, 1.82) is 0 Å². The molecule has 0 saturated carbocycles. The molecule has 2 aromatic heterocycles.